The van der Waals surface area contributed by atoms with Crippen molar-refractivity contribution in [3.05, 3.63) is 0 Å². The Balaban J connectivity index is 1.67. The van der Waals surface area contributed by atoms with Crippen LogP contribution in [-0.4, -0.2) is 38.5 Å². The van der Waals surface area contributed by atoms with Crippen molar-refractivity contribution in [3.8, 4) is 0 Å². The summed E-state index contributed by atoms with van der Waals surface area (Å²) in [5, 5.41) is 3.75. The molecule has 1 heterocycles. The number of hydrogen-bond acceptors (Lipinski definition) is 3. The molecule has 1 aliphatic heterocycles. The highest BCUT2D eigenvalue weighted by molar-refractivity contribution is 4.99. The average Bonchev–Trinajstić information content (AvgIpc) is 3.10. The van der Waals surface area contributed by atoms with Gasteiger partial charge in [0.15, 0.2) is 0 Å². The second-order valence-corrected chi connectivity index (χ2v) is 7.16. The van der Waals surface area contributed by atoms with Gasteiger partial charge in [0.1, 0.15) is 0 Å². The fourth-order valence-corrected chi connectivity index (χ4v) is 5.11. The van der Waals surface area contributed by atoms with Crippen LogP contribution in [0.2, 0.25) is 0 Å². The maximum atomic E-state index is 6.04. The van der Waals surface area contributed by atoms with Crippen molar-refractivity contribution in [2.45, 2.75) is 63.5 Å². The fourth-order valence-electron chi connectivity index (χ4n) is 5.11. The number of methoxy groups -OCH3 is 1. The van der Waals surface area contributed by atoms with E-state index in [1.54, 1.807) is 0 Å². The number of nitrogens with one attached hydrogen (secondary N) is 1. The van der Waals surface area contributed by atoms with Crippen LogP contribution in [-0.2, 0) is 9.47 Å². The van der Waals surface area contributed by atoms with Crippen molar-refractivity contribution in [2.75, 3.05) is 26.9 Å². The molecule has 4 unspecified atom stereocenters. The Morgan fingerprint density at radius 2 is 2.05 bits per heavy atom. The Labute approximate surface area is 123 Å². The molecule has 0 aromatic carbocycles. The van der Waals surface area contributed by atoms with Crippen LogP contribution in [0.5, 0.6) is 0 Å². The van der Waals surface area contributed by atoms with Gasteiger partial charge in [-0.2, -0.15) is 0 Å². The Bertz CT molecular complexity index is 314. The molecule has 0 aromatic rings. The van der Waals surface area contributed by atoms with E-state index in [0.717, 1.165) is 50.4 Å². The molecule has 3 aliphatic rings. The Hall–Kier alpha value is -0.120. The van der Waals surface area contributed by atoms with Gasteiger partial charge in [0.25, 0.3) is 0 Å². The first-order valence-corrected chi connectivity index (χ1v) is 8.63. The molecule has 3 nitrogen and oxygen atoms in total. The molecule has 116 valence electrons. The van der Waals surface area contributed by atoms with Gasteiger partial charge in [0.05, 0.1) is 5.60 Å². The number of likely N-dealkylation sites (N-methyl/N-ethyl adjacent to an activating group) is 1. The molecule has 20 heavy (non-hydrogen) atoms. The minimum Gasteiger partial charge on any atom is -0.381 e. The van der Waals surface area contributed by atoms with Gasteiger partial charge >= 0.3 is 0 Å². The average molecular weight is 281 g/mol. The van der Waals surface area contributed by atoms with Crippen molar-refractivity contribution in [2.24, 2.45) is 17.8 Å². The standard InChI is InChI=1S/C17H31NO2/c1-3-18-16(17(19-2)6-8-20-9-7-17)12-15-11-13-4-5-14(15)10-13/h13-16,18H,3-12H2,1-2H3. The predicted octanol–water partition coefficient (Wildman–Crippen LogP) is 2.99. The lowest BCUT2D eigenvalue weighted by Crippen LogP contribution is -2.55. The second kappa shape index (κ2) is 6.33. The molecule has 3 heteroatoms. The quantitative estimate of drug-likeness (QED) is 0.812. The second-order valence-electron chi connectivity index (χ2n) is 7.16. The lowest BCUT2D eigenvalue weighted by atomic mass is 9.77. The summed E-state index contributed by atoms with van der Waals surface area (Å²) in [5.74, 6) is 2.99. The van der Waals surface area contributed by atoms with E-state index >= 15 is 0 Å². The topological polar surface area (TPSA) is 30.5 Å². The molecule has 0 amide bonds. The first-order chi connectivity index (χ1) is 9.77. The zero-order valence-corrected chi connectivity index (χ0v) is 13.2. The third-order valence-corrected chi connectivity index (χ3v) is 6.25. The lowest BCUT2D eigenvalue weighted by Gasteiger charge is -2.44. The highest BCUT2D eigenvalue weighted by Gasteiger charge is 2.45. The van der Waals surface area contributed by atoms with E-state index in [9.17, 15) is 0 Å². The SMILES string of the molecule is CCNC(CC1CC2CCC1C2)C1(OC)CCOCC1. The molecule has 2 aliphatic carbocycles. The van der Waals surface area contributed by atoms with Gasteiger partial charge in [0, 0.05) is 39.2 Å². The van der Waals surface area contributed by atoms with Crippen LogP contribution in [0.4, 0.5) is 0 Å². The van der Waals surface area contributed by atoms with Gasteiger partial charge in [0.2, 0.25) is 0 Å². The van der Waals surface area contributed by atoms with E-state index in [1.165, 1.54) is 32.1 Å². The zero-order chi connectivity index (χ0) is 14.0. The first kappa shape index (κ1) is 14.8. The van der Waals surface area contributed by atoms with Crippen molar-refractivity contribution < 1.29 is 9.47 Å². The number of rotatable bonds is 6. The van der Waals surface area contributed by atoms with Crippen molar-refractivity contribution in [3.63, 3.8) is 0 Å². The summed E-state index contributed by atoms with van der Waals surface area (Å²) >= 11 is 0. The maximum Gasteiger partial charge on any atom is 0.0874 e. The summed E-state index contributed by atoms with van der Waals surface area (Å²) in [4.78, 5) is 0. The summed E-state index contributed by atoms with van der Waals surface area (Å²) < 4.78 is 11.6. The van der Waals surface area contributed by atoms with Gasteiger partial charge in [-0.25, -0.2) is 0 Å². The molecule has 3 fully saturated rings. The largest absolute Gasteiger partial charge is 0.381 e. The maximum absolute atomic E-state index is 6.04. The highest BCUT2D eigenvalue weighted by Crippen LogP contribution is 2.50. The number of hydrogen-bond donors (Lipinski definition) is 1. The van der Waals surface area contributed by atoms with Gasteiger partial charge in [-0.1, -0.05) is 13.3 Å². The summed E-state index contributed by atoms with van der Waals surface area (Å²) in [7, 11) is 1.90. The highest BCUT2D eigenvalue weighted by atomic mass is 16.5. The van der Waals surface area contributed by atoms with E-state index in [1.807, 2.05) is 7.11 Å². The molecule has 0 aromatic heterocycles. The molecule has 3 rings (SSSR count). The third-order valence-electron chi connectivity index (χ3n) is 6.25. The Morgan fingerprint density at radius 1 is 1.25 bits per heavy atom. The van der Waals surface area contributed by atoms with Gasteiger partial charge in [-0.15, -0.1) is 0 Å². The molecular formula is C17H31NO2. The Morgan fingerprint density at radius 3 is 2.60 bits per heavy atom. The van der Waals surface area contributed by atoms with Crippen LogP contribution in [0.15, 0.2) is 0 Å². The normalized spacial score (nSPS) is 37.2. The van der Waals surface area contributed by atoms with E-state index in [2.05, 4.69) is 12.2 Å². The van der Waals surface area contributed by atoms with Crippen LogP contribution in [0.1, 0.15) is 51.9 Å². The van der Waals surface area contributed by atoms with Crippen molar-refractivity contribution >= 4 is 0 Å². The third kappa shape index (κ3) is 2.77. The molecule has 2 saturated carbocycles. The predicted molar refractivity (Wildman–Crippen MR) is 80.8 cm³/mol. The summed E-state index contributed by atoms with van der Waals surface area (Å²) in [5.41, 5.74) is 0.0100. The summed E-state index contributed by atoms with van der Waals surface area (Å²) in [6, 6.07) is 0.505. The van der Waals surface area contributed by atoms with Gasteiger partial charge in [-0.3, -0.25) is 0 Å². The monoisotopic (exact) mass is 281 g/mol. The zero-order valence-electron chi connectivity index (χ0n) is 13.2. The molecule has 4 atom stereocenters. The summed E-state index contributed by atoms with van der Waals surface area (Å²) in [6.07, 6.45) is 9.36. The van der Waals surface area contributed by atoms with Crippen LogP contribution in [0.25, 0.3) is 0 Å². The van der Waals surface area contributed by atoms with E-state index in [4.69, 9.17) is 9.47 Å². The van der Waals surface area contributed by atoms with Crippen LogP contribution >= 0.6 is 0 Å². The molecule has 0 spiro atoms. The Kier molecular flexibility index (Phi) is 4.68. The molecule has 0 radical (unpaired) electrons. The molecule has 2 bridgehead atoms. The van der Waals surface area contributed by atoms with Crippen LogP contribution in [0.3, 0.4) is 0 Å². The van der Waals surface area contributed by atoms with E-state index in [-0.39, 0.29) is 5.60 Å². The molecular weight excluding hydrogens is 250 g/mol. The number of ether oxygens (including phenoxy) is 2. The van der Waals surface area contributed by atoms with Crippen LogP contribution in [0, 0.1) is 17.8 Å². The molecule has 1 N–H and O–H groups in total. The van der Waals surface area contributed by atoms with E-state index < -0.39 is 0 Å². The van der Waals surface area contributed by atoms with Crippen molar-refractivity contribution in [1.29, 1.82) is 0 Å². The number of fused-ring (bicyclic) bond motifs is 2. The minimum absolute atomic E-state index is 0.0100. The summed E-state index contributed by atoms with van der Waals surface area (Å²) in [6.45, 7) is 4.97. The fraction of sp³-hybridized carbons (Fsp3) is 1.00. The minimum atomic E-state index is 0.0100. The van der Waals surface area contributed by atoms with E-state index in [0.29, 0.717) is 6.04 Å². The van der Waals surface area contributed by atoms with Crippen molar-refractivity contribution in [1.82, 2.24) is 5.32 Å². The molecule has 1 saturated heterocycles. The first-order valence-electron chi connectivity index (χ1n) is 8.63. The smallest absolute Gasteiger partial charge is 0.0874 e. The van der Waals surface area contributed by atoms with Gasteiger partial charge in [-0.05, 0) is 50.0 Å². The van der Waals surface area contributed by atoms with Gasteiger partial charge < -0.3 is 14.8 Å². The van der Waals surface area contributed by atoms with Crippen LogP contribution < -0.4 is 5.32 Å². The lowest BCUT2D eigenvalue weighted by molar-refractivity contribution is -0.114.